The maximum absolute atomic E-state index is 12.4. The van der Waals surface area contributed by atoms with Crippen LogP contribution >= 0.6 is 0 Å². The highest BCUT2D eigenvalue weighted by Crippen LogP contribution is 2.34. The van der Waals surface area contributed by atoms with Crippen molar-refractivity contribution >= 4 is 23.8 Å². The molecule has 160 valence electrons. The van der Waals surface area contributed by atoms with E-state index in [0.717, 1.165) is 37.8 Å². The first-order chi connectivity index (χ1) is 13.6. The van der Waals surface area contributed by atoms with Crippen molar-refractivity contribution in [1.82, 2.24) is 10.2 Å². The van der Waals surface area contributed by atoms with Crippen LogP contribution in [-0.2, 0) is 9.59 Å². The number of carbonyl (C=O) groups excluding carboxylic acids is 1. The van der Waals surface area contributed by atoms with E-state index < -0.39 is 23.7 Å². The summed E-state index contributed by atoms with van der Waals surface area (Å²) in [6, 6.07) is 3.99. The predicted octanol–water partition coefficient (Wildman–Crippen LogP) is 1.98. The lowest BCUT2D eigenvalue weighted by molar-refractivity contribution is -0.274. The van der Waals surface area contributed by atoms with Crippen molar-refractivity contribution in [2.45, 2.75) is 50.2 Å². The number of nitrogens with zero attached hydrogens (tertiary/aromatic N) is 1. The van der Waals surface area contributed by atoms with Gasteiger partial charge in [0.15, 0.2) is 0 Å². The van der Waals surface area contributed by atoms with Crippen molar-refractivity contribution < 1.29 is 32.6 Å². The van der Waals surface area contributed by atoms with Gasteiger partial charge in [-0.25, -0.2) is 0 Å². The van der Waals surface area contributed by atoms with Crippen molar-refractivity contribution in [2.75, 3.05) is 12.8 Å². The molecule has 1 aromatic carbocycles. The number of rotatable bonds is 4. The molecule has 3 rings (SSSR count). The van der Waals surface area contributed by atoms with E-state index in [1.165, 1.54) is 6.07 Å². The second-order valence-electron chi connectivity index (χ2n) is 6.97. The van der Waals surface area contributed by atoms with Crippen LogP contribution in [0, 0.1) is 5.41 Å². The van der Waals surface area contributed by atoms with Gasteiger partial charge in [0, 0.05) is 29.4 Å². The Morgan fingerprint density at radius 2 is 1.90 bits per heavy atom. The molecule has 29 heavy (non-hydrogen) atoms. The number of carbonyl (C=O) groups is 2. The van der Waals surface area contributed by atoms with Gasteiger partial charge in [0.05, 0.1) is 0 Å². The Morgan fingerprint density at radius 3 is 2.41 bits per heavy atom. The number of halogens is 3. The quantitative estimate of drug-likeness (QED) is 0.338. The average Bonchev–Trinajstić information content (AvgIpc) is 2.83. The van der Waals surface area contributed by atoms with Crippen LogP contribution in [0.25, 0.3) is 0 Å². The number of hydrogen-bond donors (Lipinski definition) is 4. The second-order valence-corrected chi connectivity index (χ2v) is 6.97. The third-order valence-corrected chi connectivity index (χ3v) is 5.19. The minimum Gasteiger partial charge on any atom is -0.483 e. The van der Waals surface area contributed by atoms with E-state index in [9.17, 15) is 18.0 Å². The molecule has 2 atom stereocenters. The minimum atomic E-state index is -4.86. The molecule has 2 saturated heterocycles. The topological polar surface area (TPSA) is 129 Å². The summed E-state index contributed by atoms with van der Waals surface area (Å²) in [6.45, 7) is -0.250. The fourth-order valence-electron chi connectivity index (χ4n) is 3.86. The van der Waals surface area contributed by atoms with Crippen molar-refractivity contribution in [3.63, 3.8) is 0 Å². The van der Waals surface area contributed by atoms with Crippen LogP contribution < -0.4 is 15.8 Å². The number of alkyl halides is 3. The summed E-state index contributed by atoms with van der Waals surface area (Å²) in [5.74, 6) is -1.16. The molecule has 0 spiro atoms. The van der Waals surface area contributed by atoms with E-state index in [-0.39, 0.29) is 23.8 Å². The maximum Gasteiger partial charge on any atom is 0.573 e. The lowest BCUT2D eigenvalue weighted by Crippen LogP contribution is -2.50. The van der Waals surface area contributed by atoms with Gasteiger partial charge in [-0.3, -0.25) is 15.0 Å². The molecule has 1 amide bonds. The van der Waals surface area contributed by atoms with E-state index in [4.69, 9.17) is 21.0 Å². The predicted molar refractivity (Wildman–Crippen MR) is 98.8 cm³/mol. The maximum atomic E-state index is 12.4. The van der Waals surface area contributed by atoms with Crippen molar-refractivity contribution in [3.8, 4) is 5.75 Å². The van der Waals surface area contributed by atoms with Gasteiger partial charge in [0.2, 0.25) is 0 Å². The first-order valence-electron chi connectivity index (χ1n) is 8.90. The Hall–Kier alpha value is -2.82. The molecule has 0 aliphatic carbocycles. The second kappa shape index (κ2) is 9.12. The summed E-state index contributed by atoms with van der Waals surface area (Å²) >= 11 is 0. The standard InChI is InChI=1S/C17H21F3N4O2.CH2O2/c1-24-10-2-3-11(24)7-9(6-10)23-16(25)15(22)13-8-12(4-5-14(13)21)26-17(18,19)20;2-1-3/h4-5,8-11,22H,2-3,6-7,21H2,1H3,(H,23,25);1H,(H,2,3). The molecule has 0 saturated carbocycles. The van der Waals surface area contributed by atoms with E-state index in [1.807, 2.05) is 0 Å². The summed E-state index contributed by atoms with van der Waals surface area (Å²) in [6.07, 6.45) is -1.06. The summed E-state index contributed by atoms with van der Waals surface area (Å²) in [7, 11) is 2.08. The first kappa shape index (κ1) is 22.5. The summed E-state index contributed by atoms with van der Waals surface area (Å²) in [4.78, 5) is 23.1. The van der Waals surface area contributed by atoms with E-state index in [2.05, 4.69) is 22.0 Å². The van der Waals surface area contributed by atoms with Crippen LogP contribution in [0.1, 0.15) is 31.2 Å². The monoisotopic (exact) mass is 416 g/mol. The van der Waals surface area contributed by atoms with Gasteiger partial charge in [-0.05, 0) is 50.9 Å². The molecule has 2 fully saturated rings. The first-order valence-corrected chi connectivity index (χ1v) is 8.90. The average molecular weight is 416 g/mol. The van der Waals surface area contributed by atoms with Gasteiger partial charge in [0.25, 0.3) is 12.4 Å². The number of nitrogens with one attached hydrogen (secondary N) is 2. The van der Waals surface area contributed by atoms with Crippen LogP contribution in [0.4, 0.5) is 18.9 Å². The van der Waals surface area contributed by atoms with Gasteiger partial charge in [0.1, 0.15) is 11.5 Å². The Balaban J connectivity index is 0.000000941. The lowest BCUT2D eigenvalue weighted by Gasteiger charge is -2.36. The number of nitrogens with two attached hydrogens (primary N) is 1. The highest BCUT2D eigenvalue weighted by molar-refractivity contribution is 6.45. The number of fused-ring (bicyclic) bond motifs is 2. The number of piperidine rings is 1. The van der Waals surface area contributed by atoms with Gasteiger partial charge < -0.3 is 25.8 Å². The van der Waals surface area contributed by atoms with Crippen LogP contribution in [0.3, 0.4) is 0 Å². The zero-order chi connectivity index (χ0) is 21.8. The molecule has 5 N–H and O–H groups in total. The molecule has 8 nitrogen and oxygen atoms in total. The SMILES string of the molecule is CN1C2CCC1CC(NC(=O)C(=N)c1cc(OC(F)(F)F)ccc1N)C2.O=CO. The third-order valence-electron chi connectivity index (χ3n) is 5.19. The van der Waals surface area contributed by atoms with Crippen LogP contribution in [-0.4, -0.2) is 59.6 Å². The fourth-order valence-corrected chi connectivity index (χ4v) is 3.86. The van der Waals surface area contributed by atoms with E-state index in [1.54, 1.807) is 0 Å². The fraction of sp³-hybridized carbons (Fsp3) is 0.500. The third kappa shape index (κ3) is 5.83. The van der Waals surface area contributed by atoms with Gasteiger partial charge in [-0.15, -0.1) is 13.2 Å². The molecule has 11 heteroatoms. The highest BCUT2D eigenvalue weighted by atomic mass is 19.4. The largest absolute Gasteiger partial charge is 0.573 e. The van der Waals surface area contributed by atoms with Crippen LogP contribution in [0.2, 0.25) is 0 Å². The Labute approximate surface area is 165 Å². The summed E-state index contributed by atoms with van der Waals surface area (Å²) in [5, 5.41) is 17.8. The normalized spacial score (nSPS) is 23.5. The van der Waals surface area contributed by atoms with Crippen LogP contribution in [0.15, 0.2) is 18.2 Å². The Kier molecular flexibility index (Phi) is 7.07. The Bertz CT molecular complexity index is 758. The number of benzene rings is 1. The molecule has 2 bridgehead atoms. The molecule has 0 aromatic heterocycles. The van der Waals surface area contributed by atoms with Crippen molar-refractivity contribution in [1.29, 1.82) is 5.41 Å². The zero-order valence-electron chi connectivity index (χ0n) is 15.7. The molecule has 2 heterocycles. The van der Waals surface area contributed by atoms with E-state index in [0.29, 0.717) is 12.1 Å². The smallest absolute Gasteiger partial charge is 0.483 e. The van der Waals surface area contributed by atoms with E-state index >= 15 is 0 Å². The molecular formula is C18H23F3N4O4. The Morgan fingerprint density at radius 1 is 1.34 bits per heavy atom. The number of ether oxygens (including phenoxy) is 1. The molecule has 2 aliphatic heterocycles. The number of hydrogen-bond acceptors (Lipinski definition) is 6. The summed E-state index contributed by atoms with van der Waals surface area (Å²) in [5.41, 5.74) is 5.22. The zero-order valence-corrected chi connectivity index (χ0v) is 15.7. The molecule has 1 aromatic rings. The van der Waals surface area contributed by atoms with Crippen molar-refractivity contribution in [3.05, 3.63) is 23.8 Å². The lowest BCUT2D eigenvalue weighted by atomic mass is 9.97. The van der Waals surface area contributed by atoms with Crippen molar-refractivity contribution in [2.24, 2.45) is 0 Å². The number of amides is 1. The number of nitrogen functional groups attached to an aromatic ring is 1. The number of anilines is 1. The van der Waals surface area contributed by atoms with Gasteiger partial charge >= 0.3 is 6.36 Å². The summed E-state index contributed by atoms with van der Waals surface area (Å²) < 4.78 is 40.9. The van der Waals surface area contributed by atoms with Crippen LogP contribution in [0.5, 0.6) is 5.75 Å². The number of carboxylic acid groups (broad SMARTS) is 1. The highest BCUT2D eigenvalue weighted by Gasteiger charge is 2.39. The van der Waals surface area contributed by atoms with Gasteiger partial charge in [-0.2, -0.15) is 0 Å². The molecular weight excluding hydrogens is 393 g/mol. The van der Waals surface area contributed by atoms with Gasteiger partial charge in [-0.1, -0.05) is 0 Å². The molecule has 0 radical (unpaired) electrons. The molecule has 2 aliphatic rings. The molecule has 2 unspecified atom stereocenters. The minimum absolute atomic E-state index is 0.0446.